The number of hydrogen-bond donors (Lipinski definition) is 3. The summed E-state index contributed by atoms with van der Waals surface area (Å²) in [5.41, 5.74) is 2.78. The first-order chi connectivity index (χ1) is 46.5. The Hall–Kier alpha value is -7.70. The van der Waals surface area contributed by atoms with Crippen molar-refractivity contribution in [1.82, 2.24) is 29.9 Å². The van der Waals surface area contributed by atoms with Crippen molar-refractivity contribution in [2.24, 2.45) is 0 Å². The summed E-state index contributed by atoms with van der Waals surface area (Å²) in [5, 5.41) is 15.7. The molecule has 84 heavy (non-hydrogen) atoms. The molecular formula is C65H60F3Ir2N6O7S-3. The number of aliphatic hydroxyl groups excluding tert-OH is 2. The number of halogens is 3. The number of nitrogens with zero attached hydrogens (tertiary/aromatic N) is 6. The fourth-order valence-electron chi connectivity index (χ4n) is 7.40. The second-order valence-electron chi connectivity index (χ2n) is 16.6. The van der Waals surface area contributed by atoms with Gasteiger partial charge in [0.15, 0.2) is 0 Å². The first-order valence-electron chi connectivity index (χ1n) is 32.8. The van der Waals surface area contributed by atoms with Gasteiger partial charge >= 0.3 is 15.6 Å². The van der Waals surface area contributed by atoms with Gasteiger partial charge in [-0.3, -0.25) is 9.54 Å². The molecule has 0 spiro atoms. The summed E-state index contributed by atoms with van der Waals surface area (Å²) in [7, 11) is -3.84. The molecule has 0 saturated carbocycles. The molecule has 0 bridgehead atoms. The van der Waals surface area contributed by atoms with E-state index in [4.69, 9.17) is 56.7 Å². The van der Waals surface area contributed by atoms with E-state index >= 15 is 0 Å². The smallest absolute Gasteiger partial charge is 0.486 e. The molecule has 3 N–H and O–H groups in total. The minimum Gasteiger partial charge on any atom is -0.486 e. The Morgan fingerprint density at radius 2 is 0.976 bits per heavy atom. The third-order valence-electron chi connectivity index (χ3n) is 11.2. The maximum absolute atomic E-state index is 10.7. The summed E-state index contributed by atoms with van der Waals surface area (Å²) in [4.78, 5) is 25.2. The monoisotopic (exact) mass is 1530 g/mol. The minimum absolute atomic E-state index is 0. The van der Waals surface area contributed by atoms with Gasteiger partial charge in [0.2, 0.25) is 11.4 Å². The molecule has 0 aliphatic rings. The van der Waals surface area contributed by atoms with Crippen LogP contribution in [0.15, 0.2) is 173 Å². The van der Waals surface area contributed by atoms with Crippen LogP contribution in [0.4, 0.5) is 13.2 Å². The van der Waals surface area contributed by atoms with Gasteiger partial charge in [-0.25, -0.2) is 9.97 Å². The standard InChI is InChI=1S/C18H14N2O.C18H13N2O.2C13H12N.CHF3O3S.2CH4O.2Ir/c2*1-11-6-8-13(15-5-3-4-10-19-15)17-16(11)14-9-7-12(2)20-18(14)21-17;2*1-10-8-13(14-9-11(10)2)12-6-4-3-5-7-12;2-1(3,4)8(5,6)7;2*1-2;;/h3-10H,1-2H3;3-7,9-10H,1-2H3;2*3-6,8-9H,1-2H3;(H,5,6,7);2*2H,1H3;;/q;3*-1;;;;;/i2*1D3,2D3;2*2D3;;;;;. The molecule has 12 aromatic rings. The Bertz CT molecular complexity index is 4580. The number of fused-ring (bicyclic) bond motifs is 6. The SMILES string of the molecule is CO.CO.O=S(=O)(O)C(F)(F)F.[2H]C([2H])([2H])c1ccc2c(n1)oc1c(-c3ccccn3)[c-]cc(C([2H])([2H])[2H])c12.[2H]C([2H])([2H])c1ccc2c(n1)oc1c(-c3ccccn3)ccc(C([2H])([2H])[2H])c12.[2H]C([2H])([2H])c1cnc(-c2[c-]cccc2)cc1C.[2H]C([2H])([2H])c1cnc(-c2[c-]cccc2)cc1C.[Ir].[Ir]. The molecule has 440 valence electrons. The molecule has 12 rings (SSSR count). The topological polar surface area (TPSA) is 198 Å². The Morgan fingerprint density at radius 3 is 1.39 bits per heavy atom. The summed E-state index contributed by atoms with van der Waals surface area (Å²) in [6, 6.07) is 48.8. The van der Waals surface area contributed by atoms with Crippen LogP contribution >= 0.6 is 0 Å². The summed E-state index contributed by atoms with van der Waals surface area (Å²) >= 11 is 0. The number of hydrogen-bond acceptors (Lipinski definition) is 12. The fourth-order valence-corrected chi connectivity index (χ4v) is 7.40. The molecule has 8 heterocycles. The van der Waals surface area contributed by atoms with E-state index in [1.165, 1.54) is 42.7 Å². The van der Waals surface area contributed by atoms with Crippen LogP contribution in [0.3, 0.4) is 0 Å². The third kappa shape index (κ3) is 17.4. The van der Waals surface area contributed by atoms with Gasteiger partial charge in [0.25, 0.3) is 0 Å². The Kier molecular flexibility index (Phi) is 17.3. The van der Waals surface area contributed by atoms with Gasteiger partial charge in [-0.2, -0.15) is 21.6 Å². The van der Waals surface area contributed by atoms with Gasteiger partial charge in [-0.05, 0) is 130 Å². The van der Waals surface area contributed by atoms with E-state index in [1.54, 1.807) is 80.8 Å². The van der Waals surface area contributed by atoms with Crippen molar-refractivity contribution in [3.8, 4) is 45.0 Å². The number of furan rings is 2. The van der Waals surface area contributed by atoms with Gasteiger partial charge < -0.3 is 34.0 Å². The van der Waals surface area contributed by atoms with Gasteiger partial charge in [-0.15, -0.1) is 89.5 Å². The van der Waals surface area contributed by atoms with Crippen LogP contribution < -0.4 is 0 Å². The van der Waals surface area contributed by atoms with Crippen LogP contribution in [-0.4, -0.2) is 72.8 Å². The largest absolute Gasteiger partial charge is 0.522 e. The van der Waals surface area contributed by atoms with Crippen LogP contribution in [0.5, 0.6) is 0 Å². The first kappa shape index (κ1) is 45.7. The minimum atomic E-state index is -5.84. The maximum Gasteiger partial charge on any atom is 0.522 e. The van der Waals surface area contributed by atoms with Gasteiger partial charge in [0.05, 0.1) is 11.3 Å². The molecule has 4 aromatic carbocycles. The molecule has 19 heteroatoms. The molecular weight excluding hydrogens is 1450 g/mol. The Morgan fingerprint density at radius 1 is 0.512 bits per heavy atom. The van der Waals surface area contributed by atoms with E-state index in [0.717, 1.165) is 47.9 Å². The number of aromatic nitrogens is 6. The molecule has 2 radical (unpaired) electrons. The van der Waals surface area contributed by atoms with E-state index in [-0.39, 0.29) is 79.7 Å². The summed E-state index contributed by atoms with van der Waals surface area (Å²) in [6.45, 7) is -10.2. The molecule has 0 unspecified atom stereocenters. The van der Waals surface area contributed by atoms with E-state index in [2.05, 4.69) is 48.1 Å². The predicted molar refractivity (Wildman–Crippen MR) is 317 cm³/mol. The molecule has 0 fully saturated rings. The number of pyridine rings is 6. The van der Waals surface area contributed by atoms with E-state index in [9.17, 15) is 13.2 Å². The van der Waals surface area contributed by atoms with Crippen LogP contribution in [0.2, 0.25) is 0 Å². The molecule has 0 aliphatic carbocycles. The third-order valence-corrected chi connectivity index (χ3v) is 11.8. The number of alkyl halides is 3. The predicted octanol–water partition coefficient (Wildman–Crippen LogP) is 15.1. The summed E-state index contributed by atoms with van der Waals surface area (Å²) in [5.74, 6) is 0. The van der Waals surface area contributed by atoms with Gasteiger partial charge in [0.1, 0.15) is 5.58 Å². The molecule has 13 nitrogen and oxygen atoms in total. The number of rotatable bonds is 4. The molecule has 8 aromatic heterocycles. The van der Waals surface area contributed by atoms with Crippen LogP contribution in [0.1, 0.15) is 69.4 Å². The second kappa shape index (κ2) is 31.8. The van der Waals surface area contributed by atoms with Crippen LogP contribution in [0.25, 0.3) is 89.2 Å². The van der Waals surface area contributed by atoms with Crippen molar-refractivity contribution in [1.29, 1.82) is 0 Å². The molecule has 0 saturated heterocycles. The quantitative estimate of drug-likeness (QED) is 0.0855. The first-order valence-corrected chi connectivity index (χ1v) is 25.3. The van der Waals surface area contributed by atoms with Gasteiger partial charge in [0, 0.05) is 137 Å². The second-order valence-corrected chi connectivity index (χ2v) is 18.0. The fraction of sp³-hybridized carbons (Fsp3) is 0.169. The Labute approximate surface area is 538 Å². The van der Waals surface area contributed by atoms with E-state index in [0.29, 0.717) is 60.8 Å². The molecule has 0 atom stereocenters. The van der Waals surface area contributed by atoms with Crippen molar-refractivity contribution < 1.29 is 110 Å². The van der Waals surface area contributed by atoms with Crippen molar-refractivity contribution >= 4 is 54.3 Å². The van der Waals surface area contributed by atoms with Crippen molar-refractivity contribution in [2.45, 2.75) is 60.5 Å². The summed E-state index contributed by atoms with van der Waals surface area (Å²) < 4.78 is 206. The number of aryl methyl sites for hydroxylation is 8. The average Bonchev–Trinajstić information content (AvgIpc) is 1.58. The van der Waals surface area contributed by atoms with Crippen LogP contribution in [0, 0.1) is 73.2 Å². The zero-order chi connectivity index (χ0) is 74.7. The normalized spacial score (nSPS) is 14.6. The Balaban J connectivity index is 0.000000277. The van der Waals surface area contributed by atoms with Crippen molar-refractivity contribution in [3.05, 3.63) is 227 Å². The van der Waals surface area contributed by atoms with Crippen LogP contribution in [-0.2, 0) is 50.3 Å². The van der Waals surface area contributed by atoms with Crippen molar-refractivity contribution in [2.75, 3.05) is 14.2 Å². The van der Waals surface area contributed by atoms with Crippen molar-refractivity contribution in [3.63, 3.8) is 0 Å². The zero-order valence-electron chi connectivity index (χ0n) is 62.5. The van der Waals surface area contributed by atoms with Gasteiger partial charge in [-0.1, -0.05) is 65.3 Å². The average molecular weight is 1530 g/mol. The van der Waals surface area contributed by atoms with E-state index in [1.807, 2.05) is 54.6 Å². The number of aliphatic hydroxyl groups is 2. The molecule has 0 aliphatic heterocycles. The molecule has 0 amide bonds. The van der Waals surface area contributed by atoms with E-state index < -0.39 is 56.7 Å². The zero-order valence-corrected chi connectivity index (χ0v) is 50.1. The maximum atomic E-state index is 10.7. The number of benzene rings is 4. The summed E-state index contributed by atoms with van der Waals surface area (Å²) in [6.07, 6.45) is 6.10.